The number of hydrogen-bond donors (Lipinski definition) is 1. The third-order valence-corrected chi connectivity index (χ3v) is 5.58. The number of benzene rings is 3. The van der Waals surface area contributed by atoms with Gasteiger partial charge in [0.25, 0.3) is 11.5 Å². The van der Waals surface area contributed by atoms with Crippen LogP contribution in [-0.2, 0) is 4.79 Å². The van der Waals surface area contributed by atoms with E-state index in [2.05, 4.69) is 10.1 Å². The normalized spacial score (nSPS) is 11.5. The highest BCUT2D eigenvalue weighted by atomic mass is 35.5. The molecule has 2 aromatic heterocycles. The molecule has 8 nitrogen and oxygen atoms in total. The summed E-state index contributed by atoms with van der Waals surface area (Å²) in [5.41, 5.74) is 6.29. The van der Waals surface area contributed by atoms with Crippen molar-refractivity contribution in [2.75, 3.05) is 6.61 Å². The fourth-order valence-electron chi connectivity index (χ4n) is 3.54. The number of carbonyl (C=O) groups excluding carboxylic acids is 1. The molecule has 1 amide bonds. The summed E-state index contributed by atoms with van der Waals surface area (Å²) < 4.78 is 12.6. The van der Waals surface area contributed by atoms with Crippen molar-refractivity contribution in [3.63, 3.8) is 0 Å². The van der Waals surface area contributed by atoms with Gasteiger partial charge in [-0.05, 0) is 54.6 Å². The monoisotopic (exact) mass is 506 g/mol. The third kappa shape index (κ3) is 4.62. The summed E-state index contributed by atoms with van der Waals surface area (Å²) in [7, 11) is 0. The van der Waals surface area contributed by atoms with Crippen molar-refractivity contribution in [2.24, 2.45) is 10.8 Å². The van der Waals surface area contributed by atoms with E-state index < -0.39 is 11.5 Å². The van der Waals surface area contributed by atoms with Crippen LogP contribution in [0.2, 0.25) is 10.0 Å². The second-order valence-corrected chi connectivity index (χ2v) is 8.42. The molecule has 0 saturated carbocycles. The number of fused-ring (bicyclic) bond motifs is 2. The van der Waals surface area contributed by atoms with E-state index in [9.17, 15) is 9.59 Å². The van der Waals surface area contributed by atoms with E-state index in [1.165, 1.54) is 6.21 Å². The molecule has 5 aromatic rings. The molecule has 10 heteroatoms. The number of rotatable bonds is 6. The highest BCUT2D eigenvalue weighted by Crippen LogP contribution is 2.29. The quantitative estimate of drug-likeness (QED) is 0.330. The summed E-state index contributed by atoms with van der Waals surface area (Å²) in [4.78, 5) is 29.2. The predicted octanol–water partition coefficient (Wildman–Crippen LogP) is 4.86. The predicted molar refractivity (Wildman–Crippen MR) is 135 cm³/mol. The smallest absolute Gasteiger partial charge is 0.282 e. The Labute approximate surface area is 208 Å². The number of carbonyl (C=O) groups is 1. The summed E-state index contributed by atoms with van der Waals surface area (Å²) in [6, 6.07) is 18.7. The lowest BCUT2D eigenvalue weighted by Gasteiger charge is -2.09. The van der Waals surface area contributed by atoms with Gasteiger partial charge in [-0.25, -0.2) is 4.98 Å². The van der Waals surface area contributed by atoms with Gasteiger partial charge in [-0.15, -0.1) is 0 Å². The van der Waals surface area contributed by atoms with Crippen molar-refractivity contribution in [2.45, 2.75) is 0 Å². The van der Waals surface area contributed by atoms with E-state index in [0.29, 0.717) is 43.6 Å². The first kappa shape index (κ1) is 22.6. The molecule has 0 aliphatic carbocycles. The van der Waals surface area contributed by atoms with Crippen LogP contribution < -0.4 is 16.0 Å². The van der Waals surface area contributed by atoms with Gasteiger partial charge < -0.3 is 14.9 Å². The average Bonchev–Trinajstić information content (AvgIpc) is 3.25. The van der Waals surface area contributed by atoms with Crippen LogP contribution in [0.5, 0.6) is 5.75 Å². The molecule has 0 atom stereocenters. The van der Waals surface area contributed by atoms with Gasteiger partial charge in [-0.3, -0.25) is 9.59 Å². The topological polar surface area (TPSA) is 113 Å². The zero-order chi connectivity index (χ0) is 24.5. The van der Waals surface area contributed by atoms with Crippen molar-refractivity contribution < 1.29 is 13.9 Å². The summed E-state index contributed by atoms with van der Waals surface area (Å²) in [5.74, 6) is 0.209. The molecular formula is C25H16Cl2N4O4. The molecule has 2 N–H and O–H groups in total. The Morgan fingerprint density at radius 2 is 1.86 bits per heavy atom. The Kier molecular flexibility index (Phi) is 5.98. The Bertz CT molecular complexity index is 1690. The average molecular weight is 507 g/mol. The van der Waals surface area contributed by atoms with Crippen LogP contribution in [-0.4, -0.2) is 28.4 Å². The van der Waals surface area contributed by atoms with E-state index in [-0.39, 0.29) is 12.4 Å². The van der Waals surface area contributed by atoms with Crippen LogP contribution in [0.1, 0.15) is 5.56 Å². The van der Waals surface area contributed by atoms with Crippen molar-refractivity contribution in [3.05, 3.63) is 92.7 Å². The molecule has 5 rings (SSSR count). The van der Waals surface area contributed by atoms with Gasteiger partial charge in [0, 0.05) is 21.0 Å². The Morgan fingerprint density at radius 3 is 2.69 bits per heavy atom. The zero-order valence-electron chi connectivity index (χ0n) is 17.9. The standard InChI is InChI=1S/C25H16Cl2N4O4/c26-16-6-8-21-14(9-16)11-22(35-21)24-30-19-4-2-1-3-18(19)25(33)31(24)29-12-15-10-17(27)5-7-20(15)34-13-23(28)32/h1-12H,13H2,(H2,28,32). The van der Waals surface area contributed by atoms with E-state index >= 15 is 0 Å². The molecule has 0 aliphatic rings. The first-order valence-electron chi connectivity index (χ1n) is 10.4. The minimum Gasteiger partial charge on any atom is -0.483 e. The van der Waals surface area contributed by atoms with E-state index in [1.807, 2.05) is 0 Å². The first-order chi connectivity index (χ1) is 16.9. The molecule has 2 heterocycles. The number of amides is 1. The van der Waals surface area contributed by atoms with Gasteiger partial charge in [-0.2, -0.15) is 9.78 Å². The minimum absolute atomic E-state index is 0.193. The fraction of sp³-hybridized carbons (Fsp3) is 0.0400. The lowest BCUT2D eigenvalue weighted by Crippen LogP contribution is -2.21. The number of primary amides is 1. The molecule has 0 radical (unpaired) electrons. The van der Waals surface area contributed by atoms with Crippen LogP contribution in [0.15, 0.2) is 81.0 Å². The minimum atomic E-state index is -0.634. The maximum Gasteiger partial charge on any atom is 0.282 e. The largest absolute Gasteiger partial charge is 0.483 e. The first-order valence-corrected chi connectivity index (χ1v) is 11.1. The molecule has 0 fully saturated rings. The van der Waals surface area contributed by atoms with Gasteiger partial charge in [0.05, 0.1) is 17.1 Å². The third-order valence-electron chi connectivity index (χ3n) is 5.11. The molecule has 0 spiro atoms. The number of para-hydroxylation sites is 1. The summed E-state index contributed by atoms with van der Waals surface area (Å²) in [6.07, 6.45) is 1.39. The summed E-state index contributed by atoms with van der Waals surface area (Å²) in [6.45, 7) is -0.327. The SMILES string of the molecule is NC(=O)COc1ccc(Cl)cc1C=Nn1c(-c2cc3cc(Cl)ccc3o2)nc2ccccc2c1=O. The second-order valence-electron chi connectivity index (χ2n) is 7.54. The molecule has 35 heavy (non-hydrogen) atoms. The molecular weight excluding hydrogens is 491 g/mol. The lowest BCUT2D eigenvalue weighted by atomic mass is 10.2. The van der Waals surface area contributed by atoms with Gasteiger partial charge in [-0.1, -0.05) is 35.3 Å². The highest BCUT2D eigenvalue weighted by molar-refractivity contribution is 6.31. The Hall–Kier alpha value is -4.14. The van der Waals surface area contributed by atoms with Crippen LogP contribution in [0.4, 0.5) is 0 Å². The molecule has 0 saturated heterocycles. The number of ether oxygens (including phenoxy) is 1. The summed E-state index contributed by atoms with van der Waals surface area (Å²) >= 11 is 12.3. The van der Waals surface area contributed by atoms with E-state index in [0.717, 1.165) is 10.1 Å². The number of halogens is 2. The zero-order valence-corrected chi connectivity index (χ0v) is 19.5. The summed E-state index contributed by atoms with van der Waals surface area (Å²) in [5, 5.41) is 6.49. The molecule has 0 bridgehead atoms. The van der Waals surface area contributed by atoms with Gasteiger partial charge >= 0.3 is 0 Å². The van der Waals surface area contributed by atoms with Crippen LogP contribution >= 0.6 is 23.2 Å². The Morgan fingerprint density at radius 1 is 1.09 bits per heavy atom. The highest BCUT2D eigenvalue weighted by Gasteiger charge is 2.17. The second kappa shape index (κ2) is 9.25. The molecule has 0 unspecified atom stereocenters. The van der Waals surface area contributed by atoms with Crippen LogP contribution in [0, 0.1) is 0 Å². The maximum absolute atomic E-state index is 13.4. The lowest BCUT2D eigenvalue weighted by molar-refractivity contribution is -0.119. The molecule has 174 valence electrons. The van der Waals surface area contributed by atoms with Gasteiger partial charge in [0.15, 0.2) is 12.4 Å². The Balaban J connectivity index is 1.68. The number of nitrogens with zero attached hydrogens (tertiary/aromatic N) is 3. The van der Waals surface area contributed by atoms with Gasteiger partial charge in [0.1, 0.15) is 11.3 Å². The van der Waals surface area contributed by atoms with E-state index in [4.69, 9.17) is 38.1 Å². The van der Waals surface area contributed by atoms with E-state index in [1.54, 1.807) is 66.7 Å². The molecule has 3 aromatic carbocycles. The maximum atomic E-state index is 13.4. The van der Waals surface area contributed by atoms with Crippen LogP contribution in [0.3, 0.4) is 0 Å². The van der Waals surface area contributed by atoms with Crippen molar-refractivity contribution in [1.29, 1.82) is 0 Å². The van der Waals surface area contributed by atoms with Gasteiger partial charge in [0.2, 0.25) is 5.82 Å². The number of aromatic nitrogens is 2. The van der Waals surface area contributed by atoms with Crippen LogP contribution in [0.25, 0.3) is 33.5 Å². The fourth-order valence-corrected chi connectivity index (χ4v) is 3.90. The molecule has 0 aliphatic heterocycles. The number of hydrogen-bond acceptors (Lipinski definition) is 6. The van der Waals surface area contributed by atoms with Crippen molar-refractivity contribution in [1.82, 2.24) is 9.66 Å². The number of furan rings is 1. The van der Waals surface area contributed by atoms with Crippen molar-refractivity contribution >= 4 is 57.2 Å². The van der Waals surface area contributed by atoms with Crippen molar-refractivity contribution in [3.8, 4) is 17.3 Å². The number of nitrogens with two attached hydrogens (primary N) is 1.